The van der Waals surface area contributed by atoms with Crippen LogP contribution in [0.2, 0.25) is 6.32 Å². The number of rotatable bonds is 9. The van der Waals surface area contributed by atoms with E-state index in [1.807, 2.05) is 27.7 Å². The second kappa shape index (κ2) is 7.82. The number of carbonyl (C=O) groups excluding carboxylic acids is 1. The van der Waals surface area contributed by atoms with Gasteiger partial charge in [0.2, 0.25) is 0 Å². The van der Waals surface area contributed by atoms with Gasteiger partial charge < -0.3 is 19.8 Å². The summed E-state index contributed by atoms with van der Waals surface area (Å²) >= 11 is 0. The van der Waals surface area contributed by atoms with E-state index in [0.29, 0.717) is 19.4 Å². The van der Waals surface area contributed by atoms with Crippen molar-refractivity contribution in [2.45, 2.75) is 83.4 Å². The Labute approximate surface area is 141 Å². The predicted molar refractivity (Wildman–Crippen MR) is 93.1 cm³/mol. The van der Waals surface area contributed by atoms with Gasteiger partial charge >= 0.3 is 13.1 Å². The van der Waals surface area contributed by atoms with Gasteiger partial charge in [-0.05, 0) is 53.8 Å². The zero-order valence-electron chi connectivity index (χ0n) is 15.3. The van der Waals surface area contributed by atoms with E-state index in [2.05, 4.69) is 6.58 Å². The summed E-state index contributed by atoms with van der Waals surface area (Å²) in [7, 11) is -0.200. The maximum Gasteiger partial charge on any atom is 0.457 e. The summed E-state index contributed by atoms with van der Waals surface area (Å²) in [6.45, 7) is 14.0. The zero-order chi connectivity index (χ0) is 17.7. The van der Waals surface area contributed by atoms with E-state index in [1.165, 1.54) is 0 Å². The highest BCUT2D eigenvalue weighted by atomic mass is 16.7. The van der Waals surface area contributed by atoms with Crippen molar-refractivity contribution in [2.75, 3.05) is 6.61 Å². The molecule has 1 heterocycles. The standard InChI is InChI=1S/C17H32BNO4/c1-7-11-17(19,14(20)21-8-2)12-9-10-13-18-22-15(3,4)16(5,6)23-18/h7H,1,8-13,19H2,2-6H3. The van der Waals surface area contributed by atoms with E-state index in [9.17, 15) is 4.79 Å². The van der Waals surface area contributed by atoms with Crippen molar-refractivity contribution >= 4 is 13.1 Å². The molecule has 132 valence electrons. The molecule has 2 N–H and O–H groups in total. The van der Waals surface area contributed by atoms with Gasteiger partial charge in [0.1, 0.15) is 5.54 Å². The molecule has 0 amide bonds. The summed E-state index contributed by atoms with van der Waals surface area (Å²) in [6, 6.07) is 0. The summed E-state index contributed by atoms with van der Waals surface area (Å²) in [5.74, 6) is -0.351. The molecule has 0 aromatic carbocycles. The minimum Gasteiger partial charge on any atom is -0.465 e. The van der Waals surface area contributed by atoms with E-state index in [0.717, 1.165) is 19.2 Å². The highest BCUT2D eigenvalue weighted by molar-refractivity contribution is 6.45. The average molecular weight is 325 g/mol. The first-order valence-electron chi connectivity index (χ1n) is 8.50. The summed E-state index contributed by atoms with van der Waals surface area (Å²) in [6.07, 6.45) is 5.14. The third kappa shape index (κ3) is 5.06. The Hall–Kier alpha value is -0.845. The van der Waals surface area contributed by atoms with E-state index < -0.39 is 5.54 Å². The van der Waals surface area contributed by atoms with E-state index in [1.54, 1.807) is 13.0 Å². The second-order valence-corrected chi connectivity index (χ2v) is 7.30. The first-order valence-corrected chi connectivity index (χ1v) is 8.50. The summed E-state index contributed by atoms with van der Waals surface area (Å²) < 4.78 is 17.0. The van der Waals surface area contributed by atoms with Crippen LogP contribution in [0.4, 0.5) is 0 Å². The highest BCUT2D eigenvalue weighted by Gasteiger charge is 2.50. The van der Waals surface area contributed by atoms with Gasteiger partial charge in [0, 0.05) is 0 Å². The molecule has 0 spiro atoms. The molecule has 1 rings (SSSR count). The molecule has 0 radical (unpaired) electrons. The van der Waals surface area contributed by atoms with Crippen molar-refractivity contribution in [3.8, 4) is 0 Å². The minimum atomic E-state index is -0.978. The number of esters is 1. The van der Waals surface area contributed by atoms with Crippen molar-refractivity contribution in [3.05, 3.63) is 12.7 Å². The summed E-state index contributed by atoms with van der Waals surface area (Å²) in [5.41, 5.74) is 4.63. The van der Waals surface area contributed by atoms with Crippen LogP contribution in [0.1, 0.15) is 60.3 Å². The molecule has 1 fully saturated rings. The van der Waals surface area contributed by atoms with Crippen molar-refractivity contribution in [2.24, 2.45) is 5.73 Å². The van der Waals surface area contributed by atoms with Crippen LogP contribution in [0.15, 0.2) is 12.7 Å². The average Bonchev–Trinajstić information content (AvgIpc) is 2.63. The molecule has 1 atom stereocenters. The Bertz CT molecular complexity index is 409. The van der Waals surface area contributed by atoms with Gasteiger partial charge in [-0.3, -0.25) is 4.79 Å². The van der Waals surface area contributed by atoms with E-state index >= 15 is 0 Å². The highest BCUT2D eigenvalue weighted by Crippen LogP contribution is 2.38. The van der Waals surface area contributed by atoms with E-state index in [4.69, 9.17) is 19.8 Å². The summed E-state index contributed by atoms with van der Waals surface area (Å²) in [4.78, 5) is 12.0. The molecule has 1 saturated heterocycles. The van der Waals surface area contributed by atoms with Gasteiger partial charge in [0.15, 0.2) is 0 Å². The molecule has 5 nitrogen and oxygen atoms in total. The lowest BCUT2D eigenvalue weighted by Gasteiger charge is -2.32. The molecular weight excluding hydrogens is 293 g/mol. The van der Waals surface area contributed by atoms with Crippen molar-refractivity contribution in [1.82, 2.24) is 0 Å². The molecule has 0 bridgehead atoms. The third-order valence-electron chi connectivity index (χ3n) is 4.81. The van der Waals surface area contributed by atoms with Crippen LogP contribution in [-0.4, -0.2) is 36.4 Å². The molecule has 0 aliphatic carbocycles. The van der Waals surface area contributed by atoms with Gasteiger partial charge in [0.25, 0.3) is 0 Å². The topological polar surface area (TPSA) is 70.8 Å². The van der Waals surface area contributed by atoms with Gasteiger partial charge in [-0.2, -0.15) is 0 Å². The molecule has 0 saturated carbocycles. The minimum absolute atomic E-state index is 0.200. The van der Waals surface area contributed by atoms with Gasteiger partial charge in [-0.15, -0.1) is 6.58 Å². The lowest BCUT2D eigenvalue weighted by atomic mass is 9.80. The lowest BCUT2D eigenvalue weighted by molar-refractivity contribution is -0.149. The van der Waals surface area contributed by atoms with Gasteiger partial charge in [0.05, 0.1) is 17.8 Å². The first-order chi connectivity index (χ1) is 10.6. The fourth-order valence-corrected chi connectivity index (χ4v) is 2.65. The van der Waals surface area contributed by atoms with Gasteiger partial charge in [-0.1, -0.05) is 18.9 Å². The smallest absolute Gasteiger partial charge is 0.457 e. The number of hydrogen-bond donors (Lipinski definition) is 1. The molecule has 0 aromatic rings. The lowest BCUT2D eigenvalue weighted by Crippen LogP contribution is -2.48. The molecule has 1 aliphatic rings. The Morgan fingerprint density at radius 2 is 1.83 bits per heavy atom. The zero-order valence-corrected chi connectivity index (χ0v) is 15.3. The van der Waals surface area contributed by atoms with Gasteiger partial charge in [-0.25, -0.2) is 0 Å². The van der Waals surface area contributed by atoms with Crippen molar-refractivity contribution < 1.29 is 18.8 Å². The predicted octanol–water partition coefficient (Wildman–Crippen LogP) is 3.09. The Kier molecular flexibility index (Phi) is 6.87. The normalized spacial score (nSPS) is 21.7. The Morgan fingerprint density at radius 1 is 1.26 bits per heavy atom. The maximum atomic E-state index is 12.0. The molecular formula is C17H32BNO4. The van der Waals surface area contributed by atoms with Crippen LogP contribution in [-0.2, 0) is 18.8 Å². The third-order valence-corrected chi connectivity index (χ3v) is 4.81. The van der Waals surface area contributed by atoms with Crippen molar-refractivity contribution in [3.63, 3.8) is 0 Å². The molecule has 6 heteroatoms. The number of nitrogens with two attached hydrogens (primary N) is 1. The maximum absolute atomic E-state index is 12.0. The van der Waals surface area contributed by atoms with E-state index in [-0.39, 0.29) is 24.3 Å². The first kappa shape index (κ1) is 20.2. The fourth-order valence-electron chi connectivity index (χ4n) is 2.65. The Balaban J connectivity index is 2.44. The number of ether oxygens (including phenoxy) is 1. The quantitative estimate of drug-likeness (QED) is 0.305. The monoisotopic (exact) mass is 325 g/mol. The Morgan fingerprint density at radius 3 is 2.30 bits per heavy atom. The summed E-state index contributed by atoms with van der Waals surface area (Å²) in [5, 5.41) is 0. The number of unbranched alkanes of at least 4 members (excludes halogenated alkanes) is 1. The van der Waals surface area contributed by atoms with Crippen LogP contribution in [0.3, 0.4) is 0 Å². The molecule has 1 aliphatic heterocycles. The van der Waals surface area contributed by atoms with Crippen molar-refractivity contribution in [1.29, 1.82) is 0 Å². The van der Waals surface area contributed by atoms with Crippen LogP contribution in [0, 0.1) is 0 Å². The van der Waals surface area contributed by atoms with Crippen LogP contribution in [0.5, 0.6) is 0 Å². The molecule has 23 heavy (non-hydrogen) atoms. The molecule has 1 unspecified atom stereocenters. The molecule has 0 aromatic heterocycles. The SMILES string of the molecule is C=CCC(N)(CCCCB1OC(C)(C)C(C)(C)O1)C(=O)OCC. The largest absolute Gasteiger partial charge is 0.465 e. The van der Waals surface area contributed by atoms with Crippen LogP contribution >= 0.6 is 0 Å². The van der Waals surface area contributed by atoms with Crippen LogP contribution in [0.25, 0.3) is 0 Å². The number of hydrogen-bond acceptors (Lipinski definition) is 5. The van der Waals surface area contributed by atoms with Crippen LogP contribution < -0.4 is 5.73 Å². The second-order valence-electron chi connectivity index (χ2n) is 7.30. The number of carbonyl (C=O) groups is 1. The fraction of sp³-hybridized carbons (Fsp3) is 0.824.